The number of primary amides is 1. The first-order valence-corrected chi connectivity index (χ1v) is 7.73. The summed E-state index contributed by atoms with van der Waals surface area (Å²) >= 11 is 0. The number of hydrogen-bond donors (Lipinski definition) is 2. The molecule has 5 nitrogen and oxygen atoms in total. The van der Waals surface area contributed by atoms with Gasteiger partial charge in [0, 0.05) is 6.54 Å². The smallest absolute Gasteiger partial charge is 0.239 e. The van der Waals surface area contributed by atoms with E-state index in [-0.39, 0.29) is 5.91 Å². The first-order chi connectivity index (χ1) is 11.3. The molecule has 0 aliphatic carbocycles. The van der Waals surface area contributed by atoms with Crippen LogP contribution in [-0.4, -0.2) is 22.0 Å². The Hall–Kier alpha value is -2.66. The lowest BCUT2D eigenvalue weighted by Gasteiger charge is -2.16. The maximum atomic E-state index is 11.6. The van der Waals surface area contributed by atoms with Crippen LogP contribution >= 0.6 is 0 Å². The second kappa shape index (κ2) is 7.07. The minimum Gasteiger partial charge on any atom is -0.368 e. The van der Waals surface area contributed by atoms with Crippen LogP contribution in [0.4, 0.5) is 0 Å². The zero-order valence-corrected chi connectivity index (χ0v) is 12.9. The average Bonchev–Trinajstić information content (AvgIpc) is 2.98. The molecule has 1 amide bonds. The van der Waals surface area contributed by atoms with E-state index in [0.717, 1.165) is 29.6 Å². The highest BCUT2D eigenvalue weighted by molar-refractivity contribution is 5.81. The van der Waals surface area contributed by atoms with Gasteiger partial charge in [0.2, 0.25) is 5.91 Å². The predicted octanol–water partition coefficient (Wildman–Crippen LogP) is 2.24. The molecule has 118 valence electrons. The number of nitrogens with zero attached hydrogens (tertiary/aromatic N) is 2. The minimum atomic E-state index is -0.448. The summed E-state index contributed by atoms with van der Waals surface area (Å²) in [6.45, 7) is 1.54. The van der Waals surface area contributed by atoms with Crippen LogP contribution < -0.4 is 11.1 Å². The summed E-state index contributed by atoms with van der Waals surface area (Å²) < 4.78 is 2.12. The van der Waals surface area contributed by atoms with E-state index in [1.807, 2.05) is 54.9 Å². The highest BCUT2D eigenvalue weighted by Gasteiger charge is 2.16. The van der Waals surface area contributed by atoms with Crippen LogP contribution in [0, 0.1) is 0 Å². The Bertz CT molecular complexity index is 782. The normalized spacial score (nSPS) is 12.3. The molecule has 0 aliphatic rings. The van der Waals surface area contributed by atoms with Crippen molar-refractivity contribution >= 4 is 16.9 Å². The van der Waals surface area contributed by atoms with Crippen molar-refractivity contribution in [3.05, 3.63) is 66.5 Å². The fraction of sp³-hybridized carbons (Fsp3) is 0.222. The topological polar surface area (TPSA) is 72.9 Å². The fourth-order valence-electron chi connectivity index (χ4n) is 2.71. The third-order valence-electron chi connectivity index (χ3n) is 3.87. The number of para-hydroxylation sites is 2. The van der Waals surface area contributed by atoms with Gasteiger partial charge in [-0.2, -0.15) is 0 Å². The third kappa shape index (κ3) is 3.57. The maximum absolute atomic E-state index is 11.6. The van der Waals surface area contributed by atoms with E-state index in [4.69, 9.17) is 5.73 Å². The average molecular weight is 308 g/mol. The molecule has 0 spiro atoms. The standard InChI is InChI=1S/C18H20N4O/c19-18(23)17(14-7-2-1-3-8-14)20-11-6-12-22-13-21-15-9-4-5-10-16(15)22/h1-5,7-10,13,17,20H,6,11-12H2,(H2,19,23). The van der Waals surface area contributed by atoms with Crippen LogP contribution in [0.3, 0.4) is 0 Å². The van der Waals surface area contributed by atoms with Gasteiger partial charge in [0.15, 0.2) is 0 Å². The number of rotatable bonds is 7. The van der Waals surface area contributed by atoms with Crippen molar-refractivity contribution in [3.63, 3.8) is 0 Å². The molecule has 0 fully saturated rings. The van der Waals surface area contributed by atoms with Crippen molar-refractivity contribution < 1.29 is 4.79 Å². The van der Waals surface area contributed by atoms with E-state index in [0.29, 0.717) is 6.54 Å². The molecular formula is C18H20N4O. The van der Waals surface area contributed by atoms with Gasteiger partial charge in [-0.05, 0) is 30.7 Å². The molecular weight excluding hydrogens is 288 g/mol. The van der Waals surface area contributed by atoms with Gasteiger partial charge in [0.25, 0.3) is 0 Å². The Morgan fingerprint density at radius 2 is 1.87 bits per heavy atom. The zero-order chi connectivity index (χ0) is 16.1. The number of fused-ring (bicyclic) bond motifs is 1. The second-order valence-corrected chi connectivity index (χ2v) is 5.48. The molecule has 0 bridgehead atoms. The number of nitrogens with two attached hydrogens (primary N) is 1. The van der Waals surface area contributed by atoms with Crippen LogP contribution in [-0.2, 0) is 11.3 Å². The number of aromatic nitrogens is 2. The lowest BCUT2D eigenvalue weighted by Crippen LogP contribution is -2.34. The van der Waals surface area contributed by atoms with Crippen LogP contribution in [0.2, 0.25) is 0 Å². The first-order valence-electron chi connectivity index (χ1n) is 7.73. The Labute approximate surface area is 135 Å². The van der Waals surface area contributed by atoms with Crippen LogP contribution in [0.25, 0.3) is 11.0 Å². The van der Waals surface area contributed by atoms with E-state index >= 15 is 0 Å². The number of imidazole rings is 1. The van der Waals surface area contributed by atoms with E-state index < -0.39 is 6.04 Å². The summed E-state index contributed by atoms with van der Waals surface area (Å²) in [6.07, 6.45) is 2.74. The van der Waals surface area contributed by atoms with Gasteiger partial charge >= 0.3 is 0 Å². The number of carbonyl (C=O) groups is 1. The molecule has 0 aliphatic heterocycles. The Morgan fingerprint density at radius 1 is 1.13 bits per heavy atom. The molecule has 1 atom stereocenters. The molecule has 1 heterocycles. The number of carbonyl (C=O) groups excluding carboxylic acids is 1. The number of aryl methyl sites for hydroxylation is 1. The van der Waals surface area contributed by atoms with E-state index in [2.05, 4.69) is 20.9 Å². The Morgan fingerprint density at radius 3 is 2.65 bits per heavy atom. The molecule has 5 heteroatoms. The summed E-state index contributed by atoms with van der Waals surface area (Å²) in [5.74, 6) is -0.357. The quantitative estimate of drug-likeness (QED) is 0.657. The summed E-state index contributed by atoms with van der Waals surface area (Å²) in [6, 6.07) is 17.2. The Balaban J connectivity index is 1.57. The van der Waals surface area contributed by atoms with Gasteiger partial charge in [-0.25, -0.2) is 4.98 Å². The van der Waals surface area contributed by atoms with Crippen molar-refractivity contribution in [3.8, 4) is 0 Å². The van der Waals surface area contributed by atoms with Crippen molar-refractivity contribution in [2.24, 2.45) is 5.73 Å². The van der Waals surface area contributed by atoms with Crippen molar-refractivity contribution in [2.45, 2.75) is 19.0 Å². The number of nitrogens with one attached hydrogen (secondary N) is 1. The molecule has 23 heavy (non-hydrogen) atoms. The van der Waals surface area contributed by atoms with Gasteiger partial charge in [0.1, 0.15) is 6.04 Å². The number of benzene rings is 2. The summed E-state index contributed by atoms with van der Waals surface area (Å²) in [4.78, 5) is 16.0. The molecule has 0 saturated heterocycles. The highest BCUT2D eigenvalue weighted by Crippen LogP contribution is 2.13. The van der Waals surface area contributed by atoms with Gasteiger partial charge in [0.05, 0.1) is 17.4 Å². The molecule has 3 rings (SSSR count). The number of hydrogen-bond acceptors (Lipinski definition) is 3. The third-order valence-corrected chi connectivity index (χ3v) is 3.87. The summed E-state index contributed by atoms with van der Waals surface area (Å²) in [5, 5.41) is 3.24. The fourth-order valence-corrected chi connectivity index (χ4v) is 2.71. The van der Waals surface area contributed by atoms with Crippen LogP contribution in [0.15, 0.2) is 60.9 Å². The van der Waals surface area contributed by atoms with Crippen molar-refractivity contribution in [2.75, 3.05) is 6.54 Å². The second-order valence-electron chi connectivity index (χ2n) is 5.48. The molecule has 2 aromatic carbocycles. The molecule has 3 N–H and O–H groups in total. The lowest BCUT2D eigenvalue weighted by molar-refractivity contribution is -0.120. The summed E-state index contributed by atoms with van der Waals surface area (Å²) in [7, 11) is 0. The maximum Gasteiger partial charge on any atom is 0.239 e. The van der Waals surface area contributed by atoms with Crippen molar-refractivity contribution in [1.29, 1.82) is 0 Å². The molecule has 0 radical (unpaired) electrons. The minimum absolute atomic E-state index is 0.357. The Kier molecular flexibility index (Phi) is 4.68. The van der Waals surface area contributed by atoms with Crippen molar-refractivity contribution in [1.82, 2.24) is 14.9 Å². The van der Waals surface area contributed by atoms with Gasteiger partial charge in [-0.15, -0.1) is 0 Å². The van der Waals surface area contributed by atoms with Crippen LogP contribution in [0.5, 0.6) is 0 Å². The van der Waals surface area contributed by atoms with Gasteiger partial charge in [-0.3, -0.25) is 4.79 Å². The monoisotopic (exact) mass is 308 g/mol. The van der Waals surface area contributed by atoms with E-state index in [9.17, 15) is 4.79 Å². The molecule has 3 aromatic rings. The zero-order valence-electron chi connectivity index (χ0n) is 12.9. The van der Waals surface area contributed by atoms with E-state index in [1.54, 1.807) is 0 Å². The first kappa shape index (κ1) is 15.2. The summed E-state index contributed by atoms with van der Waals surface area (Å²) in [5.41, 5.74) is 8.53. The number of amides is 1. The van der Waals surface area contributed by atoms with Gasteiger partial charge < -0.3 is 15.6 Å². The SMILES string of the molecule is NC(=O)C(NCCCn1cnc2ccccc21)c1ccccc1. The highest BCUT2D eigenvalue weighted by atomic mass is 16.1. The predicted molar refractivity (Wildman–Crippen MR) is 90.7 cm³/mol. The molecule has 0 saturated carbocycles. The van der Waals surface area contributed by atoms with Crippen LogP contribution in [0.1, 0.15) is 18.0 Å². The lowest BCUT2D eigenvalue weighted by atomic mass is 10.1. The molecule has 1 aromatic heterocycles. The van der Waals surface area contributed by atoms with Gasteiger partial charge in [-0.1, -0.05) is 42.5 Å². The largest absolute Gasteiger partial charge is 0.368 e. The molecule has 1 unspecified atom stereocenters. The van der Waals surface area contributed by atoms with E-state index in [1.165, 1.54) is 0 Å².